The van der Waals surface area contributed by atoms with E-state index in [0.29, 0.717) is 36.1 Å². The van der Waals surface area contributed by atoms with E-state index >= 15 is 0 Å². The van der Waals surface area contributed by atoms with Crippen molar-refractivity contribution in [2.45, 2.75) is 19.8 Å². The van der Waals surface area contributed by atoms with Crippen molar-refractivity contribution in [3.8, 4) is 11.4 Å². The second kappa shape index (κ2) is 8.27. The number of carbonyl (C=O) groups is 2. The van der Waals surface area contributed by atoms with Crippen LogP contribution in [0.1, 0.15) is 18.7 Å². The molecular weight excluding hydrogens is 391 g/mol. The number of ether oxygens (including phenoxy) is 1. The number of halogens is 1. The van der Waals surface area contributed by atoms with E-state index in [9.17, 15) is 14.0 Å². The van der Waals surface area contributed by atoms with Crippen molar-refractivity contribution in [1.82, 2.24) is 20.2 Å². The molecule has 0 radical (unpaired) electrons. The number of para-hydroxylation sites is 2. The van der Waals surface area contributed by atoms with Crippen LogP contribution in [0.15, 0.2) is 42.5 Å². The van der Waals surface area contributed by atoms with Gasteiger partial charge in [0.2, 0.25) is 11.8 Å². The Bertz CT molecular complexity index is 1100. The Morgan fingerprint density at radius 3 is 2.80 bits per heavy atom. The molecule has 30 heavy (non-hydrogen) atoms. The normalized spacial score (nSPS) is 12.8. The standard InChI is InChI=1S/C20H19FN6O3/c1-13-23-24-25-27(13)17-12-14(6-7-15(17)21)22-19(28)8-9-20(29)26-10-11-30-18-5-3-2-4-16(18)26/h2-7,12H,8-11H2,1H3,(H,22,28). The van der Waals surface area contributed by atoms with Crippen LogP contribution >= 0.6 is 0 Å². The van der Waals surface area contributed by atoms with E-state index in [1.165, 1.54) is 22.9 Å². The number of rotatable bonds is 5. The lowest BCUT2D eigenvalue weighted by Gasteiger charge is -2.29. The molecule has 1 N–H and O–H groups in total. The summed E-state index contributed by atoms with van der Waals surface area (Å²) in [6, 6.07) is 11.4. The lowest BCUT2D eigenvalue weighted by atomic mass is 10.2. The van der Waals surface area contributed by atoms with Crippen LogP contribution in [0.2, 0.25) is 0 Å². The summed E-state index contributed by atoms with van der Waals surface area (Å²) in [6.45, 7) is 2.48. The summed E-state index contributed by atoms with van der Waals surface area (Å²) in [5, 5.41) is 13.7. The van der Waals surface area contributed by atoms with Gasteiger partial charge in [-0.3, -0.25) is 9.59 Å². The van der Waals surface area contributed by atoms with E-state index in [2.05, 4.69) is 20.8 Å². The number of nitrogens with zero attached hydrogens (tertiary/aromatic N) is 5. The molecule has 1 aromatic heterocycles. The first-order chi connectivity index (χ1) is 14.5. The van der Waals surface area contributed by atoms with Crippen LogP contribution in [0.25, 0.3) is 5.69 Å². The number of carbonyl (C=O) groups excluding carboxylic acids is 2. The van der Waals surface area contributed by atoms with Crippen molar-refractivity contribution < 1.29 is 18.7 Å². The highest BCUT2D eigenvalue weighted by molar-refractivity contribution is 5.99. The van der Waals surface area contributed by atoms with Crippen LogP contribution in [0.5, 0.6) is 5.75 Å². The van der Waals surface area contributed by atoms with Crippen LogP contribution in [0, 0.1) is 12.7 Å². The molecular formula is C20H19FN6O3. The van der Waals surface area contributed by atoms with E-state index in [1.54, 1.807) is 17.9 Å². The van der Waals surface area contributed by atoms with Gasteiger partial charge in [-0.25, -0.2) is 4.39 Å². The molecule has 9 nitrogen and oxygen atoms in total. The number of aryl methyl sites for hydroxylation is 1. The van der Waals surface area contributed by atoms with E-state index in [-0.39, 0.29) is 30.3 Å². The fourth-order valence-corrected chi connectivity index (χ4v) is 3.21. The summed E-state index contributed by atoms with van der Waals surface area (Å²) in [5.74, 6) is 0.0255. The Morgan fingerprint density at radius 1 is 1.17 bits per heavy atom. The predicted octanol–water partition coefficient (Wildman–Crippen LogP) is 2.25. The van der Waals surface area contributed by atoms with Crippen LogP contribution in [0.3, 0.4) is 0 Å². The third-order valence-electron chi connectivity index (χ3n) is 4.68. The van der Waals surface area contributed by atoms with Gasteiger partial charge in [0, 0.05) is 18.5 Å². The number of benzene rings is 2. The smallest absolute Gasteiger partial charge is 0.227 e. The molecule has 1 aliphatic heterocycles. The van der Waals surface area contributed by atoms with Crippen LogP contribution in [-0.2, 0) is 9.59 Å². The molecule has 0 atom stereocenters. The van der Waals surface area contributed by atoms with Crippen molar-refractivity contribution in [2.75, 3.05) is 23.4 Å². The summed E-state index contributed by atoms with van der Waals surface area (Å²) in [7, 11) is 0. The summed E-state index contributed by atoms with van der Waals surface area (Å²) in [4.78, 5) is 26.6. The van der Waals surface area contributed by atoms with Crippen molar-refractivity contribution >= 4 is 23.2 Å². The van der Waals surface area contributed by atoms with Gasteiger partial charge < -0.3 is 15.0 Å². The summed E-state index contributed by atoms with van der Waals surface area (Å²) in [5.41, 5.74) is 1.21. The third-order valence-corrected chi connectivity index (χ3v) is 4.68. The van der Waals surface area contributed by atoms with Gasteiger partial charge >= 0.3 is 0 Å². The zero-order chi connectivity index (χ0) is 21.1. The molecule has 2 aromatic carbocycles. The molecule has 2 amide bonds. The molecule has 1 aliphatic rings. The van der Waals surface area contributed by atoms with Crippen molar-refractivity contribution in [3.63, 3.8) is 0 Å². The zero-order valence-corrected chi connectivity index (χ0v) is 16.2. The summed E-state index contributed by atoms with van der Waals surface area (Å²) >= 11 is 0. The van der Waals surface area contributed by atoms with Crippen LogP contribution in [0.4, 0.5) is 15.8 Å². The fraction of sp³-hybridized carbons (Fsp3) is 0.250. The van der Waals surface area contributed by atoms with Crippen molar-refractivity contribution in [3.05, 3.63) is 54.1 Å². The first-order valence-corrected chi connectivity index (χ1v) is 9.40. The van der Waals surface area contributed by atoms with Gasteiger partial charge in [0.25, 0.3) is 0 Å². The SMILES string of the molecule is Cc1nnnn1-c1cc(NC(=O)CCC(=O)N2CCOc3ccccc32)ccc1F. The first-order valence-electron chi connectivity index (χ1n) is 9.40. The van der Waals surface area contributed by atoms with Gasteiger partial charge in [-0.2, -0.15) is 4.68 Å². The number of hydrogen-bond acceptors (Lipinski definition) is 6. The van der Waals surface area contributed by atoms with E-state index < -0.39 is 5.82 Å². The zero-order valence-electron chi connectivity index (χ0n) is 16.2. The van der Waals surface area contributed by atoms with Gasteiger partial charge in [-0.1, -0.05) is 12.1 Å². The number of amides is 2. The molecule has 3 aromatic rings. The highest BCUT2D eigenvalue weighted by Gasteiger charge is 2.23. The monoisotopic (exact) mass is 410 g/mol. The second-order valence-electron chi connectivity index (χ2n) is 6.71. The Morgan fingerprint density at radius 2 is 2.00 bits per heavy atom. The Balaban J connectivity index is 1.39. The van der Waals surface area contributed by atoms with E-state index in [1.807, 2.05) is 18.2 Å². The molecule has 2 heterocycles. The topological polar surface area (TPSA) is 102 Å². The number of aromatic nitrogens is 4. The van der Waals surface area contributed by atoms with Gasteiger partial charge in [0.05, 0.1) is 12.2 Å². The molecule has 4 rings (SSSR count). The number of nitrogens with one attached hydrogen (secondary N) is 1. The van der Waals surface area contributed by atoms with Gasteiger partial charge in [-0.15, -0.1) is 5.10 Å². The minimum absolute atomic E-state index is 0.00498. The number of tetrazole rings is 1. The summed E-state index contributed by atoms with van der Waals surface area (Å²) in [6.07, 6.45) is 0.0370. The van der Waals surface area contributed by atoms with Crippen LogP contribution < -0.4 is 15.0 Å². The Labute approximate surface area is 171 Å². The number of fused-ring (bicyclic) bond motifs is 1. The van der Waals surface area contributed by atoms with Gasteiger partial charge in [0.1, 0.15) is 23.9 Å². The molecule has 0 unspecified atom stereocenters. The fourth-order valence-electron chi connectivity index (χ4n) is 3.21. The quantitative estimate of drug-likeness (QED) is 0.692. The maximum atomic E-state index is 14.1. The van der Waals surface area contributed by atoms with E-state index in [4.69, 9.17) is 4.74 Å². The predicted molar refractivity (Wildman–Crippen MR) is 106 cm³/mol. The maximum Gasteiger partial charge on any atom is 0.227 e. The van der Waals surface area contributed by atoms with E-state index in [0.717, 1.165) is 0 Å². The lowest BCUT2D eigenvalue weighted by molar-refractivity contribution is -0.122. The molecule has 0 bridgehead atoms. The number of anilines is 2. The number of hydrogen-bond donors (Lipinski definition) is 1. The molecule has 10 heteroatoms. The van der Waals surface area contributed by atoms with Gasteiger partial charge in [0.15, 0.2) is 5.82 Å². The Hall–Kier alpha value is -3.82. The summed E-state index contributed by atoms with van der Waals surface area (Å²) < 4.78 is 20.9. The average Bonchev–Trinajstić information content (AvgIpc) is 3.18. The van der Waals surface area contributed by atoms with Crippen molar-refractivity contribution in [2.24, 2.45) is 0 Å². The highest BCUT2D eigenvalue weighted by atomic mass is 19.1. The minimum atomic E-state index is -0.524. The first kappa shape index (κ1) is 19.5. The third kappa shape index (κ3) is 3.97. The van der Waals surface area contributed by atoms with Crippen LogP contribution in [-0.4, -0.2) is 45.2 Å². The highest BCUT2D eigenvalue weighted by Crippen LogP contribution is 2.31. The average molecular weight is 410 g/mol. The maximum absolute atomic E-state index is 14.1. The molecule has 0 fully saturated rings. The minimum Gasteiger partial charge on any atom is -0.490 e. The molecule has 154 valence electrons. The van der Waals surface area contributed by atoms with Gasteiger partial charge in [-0.05, 0) is 47.7 Å². The second-order valence-corrected chi connectivity index (χ2v) is 6.71. The van der Waals surface area contributed by atoms with Crippen molar-refractivity contribution in [1.29, 1.82) is 0 Å². The molecule has 0 spiro atoms. The molecule has 0 saturated carbocycles. The molecule has 0 saturated heterocycles. The Kier molecular flexibility index (Phi) is 5.38. The lowest BCUT2D eigenvalue weighted by Crippen LogP contribution is -2.38. The molecule has 0 aliphatic carbocycles. The largest absolute Gasteiger partial charge is 0.490 e.